The van der Waals surface area contributed by atoms with Gasteiger partial charge in [-0.3, -0.25) is 4.79 Å². The first-order valence-electron chi connectivity index (χ1n) is 6.95. The minimum absolute atomic E-state index is 0.247. The zero-order valence-electron chi connectivity index (χ0n) is 11.5. The van der Waals surface area contributed by atoms with Crippen molar-refractivity contribution >= 4 is 23.6 Å². The van der Waals surface area contributed by atoms with Crippen molar-refractivity contribution in [1.82, 2.24) is 5.32 Å². The van der Waals surface area contributed by atoms with Crippen molar-refractivity contribution in [1.29, 1.82) is 0 Å². The highest BCUT2D eigenvalue weighted by Crippen LogP contribution is 2.33. The van der Waals surface area contributed by atoms with E-state index in [4.69, 9.17) is 5.11 Å². The van der Waals surface area contributed by atoms with Crippen molar-refractivity contribution in [3.05, 3.63) is 30.1 Å². The van der Waals surface area contributed by atoms with Gasteiger partial charge in [0, 0.05) is 17.1 Å². The van der Waals surface area contributed by atoms with Crippen molar-refractivity contribution in [2.24, 2.45) is 5.92 Å². The van der Waals surface area contributed by atoms with Crippen LogP contribution in [0.2, 0.25) is 0 Å². The van der Waals surface area contributed by atoms with Crippen LogP contribution < -0.4 is 5.32 Å². The highest BCUT2D eigenvalue weighted by molar-refractivity contribution is 7.99. The van der Waals surface area contributed by atoms with Crippen LogP contribution >= 0.6 is 11.8 Å². The Hall–Kier alpha value is -1.56. The van der Waals surface area contributed by atoms with Crippen LogP contribution in [0.15, 0.2) is 29.2 Å². The number of benzene rings is 1. The van der Waals surface area contributed by atoms with Crippen LogP contribution in [0.3, 0.4) is 0 Å². The fourth-order valence-electron chi connectivity index (χ4n) is 1.97. The molecule has 114 valence electrons. The predicted octanol–water partition coefficient (Wildman–Crippen LogP) is 2.68. The van der Waals surface area contributed by atoms with E-state index in [1.165, 1.54) is 23.9 Å². The Bertz CT molecular complexity index is 502. The summed E-state index contributed by atoms with van der Waals surface area (Å²) in [5.74, 6) is -0.534. The molecule has 1 amide bonds. The Kier molecular flexibility index (Phi) is 5.61. The van der Waals surface area contributed by atoms with Gasteiger partial charge in [-0.1, -0.05) is 12.8 Å². The number of halogens is 1. The van der Waals surface area contributed by atoms with Crippen LogP contribution in [0, 0.1) is 11.7 Å². The fourth-order valence-corrected chi connectivity index (χ4v) is 2.82. The minimum atomic E-state index is -0.971. The Morgan fingerprint density at radius 2 is 2.00 bits per heavy atom. The van der Waals surface area contributed by atoms with Crippen LogP contribution in [0.1, 0.15) is 25.7 Å². The van der Waals surface area contributed by atoms with E-state index >= 15 is 0 Å². The first-order valence-corrected chi connectivity index (χ1v) is 7.93. The lowest BCUT2D eigenvalue weighted by molar-refractivity contribution is -0.142. The zero-order valence-corrected chi connectivity index (χ0v) is 12.4. The number of hydrogen-bond acceptors (Lipinski definition) is 3. The molecule has 6 heteroatoms. The van der Waals surface area contributed by atoms with Gasteiger partial charge in [0.2, 0.25) is 5.91 Å². The molecule has 0 spiro atoms. The number of nitrogens with one attached hydrogen (secondary N) is 1. The molecule has 1 atom stereocenters. The highest BCUT2D eigenvalue weighted by atomic mass is 32.2. The van der Waals surface area contributed by atoms with E-state index in [0.717, 1.165) is 17.7 Å². The maximum atomic E-state index is 12.7. The molecule has 1 aliphatic rings. The molecule has 1 fully saturated rings. The topological polar surface area (TPSA) is 66.4 Å². The average molecular weight is 311 g/mol. The maximum Gasteiger partial charge on any atom is 0.326 e. The Morgan fingerprint density at radius 3 is 2.57 bits per heavy atom. The number of carbonyl (C=O) groups excluding carboxylic acids is 1. The third-order valence-electron chi connectivity index (χ3n) is 3.31. The van der Waals surface area contributed by atoms with Gasteiger partial charge in [-0.25, -0.2) is 9.18 Å². The first-order chi connectivity index (χ1) is 10.0. The second kappa shape index (κ2) is 7.45. The van der Waals surface area contributed by atoms with E-state index in [0.29, 0.717) is 18.1 Å². The lowest BCUT2D eigenvalue weighted by Crippen LogP contribution is -2.41. The van der Waals surface area contributed by atoms with Crippen molar-refractivity contribution in [2.75, 3.05) is 5.75 Å². The van der Waals surface area contributed by atoms with Crippen molar-refractivity contribution in [3.8, 4) is 0 Å². The molecule has 1 aromatic carbocycles. The molecule has 2 rings (SSSR count). The van der Waals surface area contributed by atoms with Gasteiger partial charge in [-0.2, -0.15) is 0 Å². The van der Waals surface area contributed by atoms with E-state index in [2.05, 4.69) is 5.32 Å². The molecule has 1 unspecified atom stereocenters. The first kappa shape index (κ1) is 15.8. The number of amides is 1. The maximum absolute atomic E-state index is 12.7. The second-order valence-electron chi connectivity index (χ2n) is 5.19. The summed E-state index contributed by atoms with van der Waals surface area (Å²) in [6, 6.07) is 5.29. The Morgan fingerprint density at radius 1 is 1.33 bits per heavy atom. The second-order valence-corrected chi connectivity index (χ2v) is 6.36. The van der Waals surface area contributed by atoms with Gasteiger partial charge in [0.1, 0.15) is 11.9 Å². The van der Waals surface area contributed by atoms with E-state index < -0.39 is 12.0 Å². The summed E-state index contributed by atoms with van der Waals surface area (Å²) in [6.07, 6.45) is 2.88. The van der Waals surface area contributed by atoms with Crippen molar-refractivity contribution in [3.63, 3.8) is 0 Å². The number of thioether (sulfide) groups is 1. The van der Waals surface area contributed by atoms with Crippen LogP contribution in [-0.2, 0) is 9.59 Å². The van der Waals surface area contributed by atoms with Gasteiger partial charge in [-0.15, -0.1) is 11.8 Å². The molecule has 21 heavy (non-hydrogen) atoms. The molecule has 4 nitrogen and oxygen atoms in total. The number of aliphatic carboxylic acids is 1. The summed E-state index contributed by atoms with van der Waals surface area (Å²) in [5, 5.41) is 11.6. The van der Waals surface area contributed by atoms with Crippen LogP contribution in [-0.4, -0.2) is 28.8 Å². The van der Waals surface area contributed by atoms with Crippen LogP contribution in [0.5, 0.6) is 0 Å². The summed E-state index contributed by atoms with van der Waals surface area (Å²) < 4.78 is 12.7. The van der Waals surface area contributed by atoms with E-state index in [-0.39, 0.29) is 18.1 Å². The Balaban J connectivity index is 1.70. The summed E-state index contributed by atoms with van der Waals surface area (Å²) in [6.45, 7) is 0. The van der Waals surface area contributed by atoms with E-state index in [1.54, 1.807) is 12.1 Å². The molecule has 0 aliphatic heterocycles. The van der Waals surface area contributed by atoms with Gasteiger partial charge in [0.25, 0.3) is 0 Å². The SMILES string of the molecule is O=C(CCSc1ccc(F)cc1)NC(CC1CC1)C(=O)O. The predicted molar refractivity (Wildman–Crippen MR) is 78.6 cm³/mol. The highest BCUT2D eigenvalue weighted by Gasteiger charge is 2.29. The number of hydrogen-bond donors (Lipinski definition) is 2. The number of carbonyl (C=O) groups is 2. The molecular formula is C15H18FNO3S. The molecule has 0 radical (unpaired) electrons. The molecule has 1 aromatic rings. The monoisotopic (exact) mass is 311 g/mol. The fraction of sp³-hybridized carbons (Fsp3) is 0.467. The number of carboxylic acids is 1. The summed E-state index contributed by atoms with van der Waals surface area (Å²) >= 11 is 1.44. The standard InChI is InChI=1S/C15H18FNO3S/c16-11-3-5-12(6-4-11)21-8-7-14(18)17-13(15(19)20)9-10-1-2-10/h3-6,10,13H,1-2,7-9H2,(H,17,18)(H,19,20). The molecule has 0 bridgehead atoms. The molecular weight excluding hydrogens is 293 g/mol. The van der Waals surface area contributed by atoms with E-state index in [1.807, 2.05) is 0 Å². The van der Waals surface area contributed by atoms with Gasteiger partial charge in [-0.05, 0) is 36.6 Å². The van der Waals surface area contributed by atoms with Gasteiger partial charge >= 0.3 is 5.97 Å². The van der Waals surface area contributed by atoms with Gasteiger partial charge in [0.05, 0.1) is 0 Å². The smallest absolute Gasteiger partial charge is 0.326 e. The van der Waals surface area contributed by atoms with Gasteiger partial charge < -0.3 is 10.4 Å². The third kappa shape index (κ3) is 5.75. The van der Waals surface area contributed by atoms with E-state index in [9.17, 15) is 14.0 Å². The molecule has 1 saturated carbocycles. The average Bonchev–Trinajstić information content (AvgIpc) is 3.24. The molecule has 0 aromatic heterocycles. The third-order valence-corrected chi connectivity index (χ3v) is 4.32. The summed E-state index contributed by atoms with van der Waals surface area (Å²) in [4.78, 5) is 23.7. The summed E-state index contributed by atoms with van der Waals surface area (Å²) in [7, 11) is 0. The van der Waals surface area contributed by atoms with Gasteiger partial charge in [0.15, 0.2) is 0 Å². The lowest BCUT2D eigenvalue weighted by Gasteiger charge is -2.13. The molecule has 2 N–H and O–H groups in total. The summed E-state index contributed by atoms with van der Waals surface area (Å²) in [5.41, 5.74) is 0. The normalized spacial score (nSPS) is 15.5. The zero-order chi connectivity index (χ0) is 15.2. The largest absolute Gasteiger partial charge is 0.480 e. The Labute approximate surface area is 127 Å². The molecule has 0 saturated heterocycles. The van der Waals surface area contributed by atoms with Crippen molar-refractivity contribution in [2.45, 2.75) is 36.6 Å². The molecule has 0 heterocycles. The molecule has 1 aliphatic carbocycles. The van der Waals surface area contributed by atoms with Crippen LogP contribution in [0.4, 0.5) is 4.39 Å². The van der Waals surface area contributed by atoms with Crippen molar-refractivity contribution < 1.29 is 19.1 Å². The van der Waals surface area contributed by atoms with Crippen LogP contribution in [0.25, 0.3) is 0 Å². The number of rotatable bonds is 8. The lowest BCUT2D eigenvalue weighted by atomic mass is 10.1. The number of carboxylic acid groups (broad SMARTS) is 1. The minimum Gasteiger partial charge on any atom is -0.480 e. The quantitative estimate of drug-likeness (QED) is 0.724.